The monoisotopic (exact) mass is 374 g/mol. The van der Waals surface area contributed by atoms with Crippen molar-refractivity contribution in [2.24, 2.45) is 0 Å². The minimum atomic E-state index is -4.00. The molecule has 0 aromatic rings. The summed E-state index contributed by atoms with van der Waals surface area (Å²) in [5.41, 5.74) is 0. The van der Waals surface area contributed by atoms with E-state index in [1.165, 1.54) is 14.0 Å². The van der Waals surface area contributed by atoms with Crippen LogP contribution in [0.2, 0.25) is 0 Å². The van der Waals surface area contributed by atoms with Gasteiger partial charge in [0.05, 0.1) is 40.0 Å². The normalized spacial score (nSPS) is 13.1. The summed E-state index contributed by atoms with van der Waals surface area (Å²) in [6.45, 7) is 8.03. The lowest BCUT2D eigenvalue weighted by atomic mass is 10.3. The highest BCUT2D eigenvalue weighted by molar-refractivity contribution is 7.74. The van der Waals surface area contributed by atoms with E-state index in [-0.39, 0.29) is 26.4 Å². The van der Waals surface area contributed by atoms with E-state index in [1.807, 2.05) is 0 Å². The molecule has 0 radical (unpaired) electrons. The molecule has 0 aliphatic carbocycles. The first kappa shape index (κ1) is 22.8. The van der Waals surface area contributed by atoms with Gasteiger partial charge in [-0.1, -0.05) is 0 Å². The molecule has 0 aromatic heterocycles. The number of hydrogen-bond acceptors (Lipinski definition) is 8. The molecule has 0 rings (SSSR count). The second kappa shape index (κ2) is 9.92. The fraction of sp³-hybridized carbons (Fsp3) is 0.923. The van der Waals surface area contributed by atoms with Crippen molar-refractivity contribution in [2.45, 2.75) is 45.9 Å². The van der Waals surface area contributed by atoms with Crippen molar-refractivity contribution in [3.05, 3.63) is 0 Å². The third-order valence-electron chi connectivity index (χ3n) is 3.08. The number of methoxy groups -OCH3 is 1. The Balaban J connectivity index is 6.20. The molecule has 0 aliphatic heterocycles. The molecule has 0 aromatic carbocycles. The first-order chi connectivity index (χ1) is 10.7. The highest BCUT2D eigenvalue weighted by Crippen LogP contribution is 2.78. The fourth-order valence-corrected chi connectivity index (χ4v) is 7.16. The lowest BCUT2D eigenvalue weighted by molar-refractivity contribution is -0.141. The molecule has 0 atom stereocenters. The summed E-state index contributed by atoms with van der Waals surface area (Å²) in [7, 11) is -6.82. The Labute approximate surface area is 138 Å². The second-order valence-corrected chi connectivity index (χ2v) is 9.99. The van der Waals surface area contributed by atoms with Crippen molar-refractivity contribution in [3.8, 4) is 0 Å². The number of ether oxygens (including phenoxy) is 1. The van der Waals surface area contributed by atoms with E-state index in [1.54, 1.807) is 27.7 Å². The van der Waals surface area contributed by atoms with E-state index in [2.05, 4.69) is 4.74 Å². The third-order valence-corrected chi connectivity index (χ3v) is 9.62. The van der Waals surface area contributed by atoms with Gasteiger partial charge in [0.1, 0.15) is 0 Å². The van der Waals surface area contributed by atoms with E-state index in [0.29, 0.717) is 0 Å². The largest absolute Gasteiger partial charge is 0.469 e. The van der Waals surface area contributed by atoms with Gasteiger partial charge in [-0.2, -0.15) is 0 Å². The molecule has 0 unspecified atom stereocenters. The zero-order chi connectivity index (χ0) is 18.1. The van der Waals surface area contributed by atoms with E-state index in [9.17, 15) is 13.9 Å². The summed E-state index contributed by atoms with van der Waals surface area (Å²) >= 11 is 0. The zero-order valence-corrected chi connectivity index (χ0v) is 16.5. The van der Waals surface area contributed by atoms with Crippen LogP contribution in [0, 0.1) is 0 Å². The summed E-state index contributed by atoms with van der Waals surface area (Å²) < 4.78 is 52.5. The molecule has 10 heteroatoms. The van der Waals surface area contributed by atoms with Crippen LogP contribution in [0.5, 0.6) is 0 Å². The van der Waals surface area contributed by atoms with Crippen LogP contribution in [0.3, 0.4) is 0 Å². The molecule has 0 heterocycles. The lowest BCUT2D eigenvalue weighted by Gasteiger charge is -2.39. The first-order valence-electron chi connectivity index (χ1n) is 7.55. The van der Waals surface area contributed by atoms with Crippen molar-refractivity contribution in [1.82, 2.24) is 0 Å². The van der Waals surface area contributed by atoms with Crippen LogP contribution in [0.25, 0.3) is 0 Å². The average molecular weight is 374 g/mol. The molecule has 0 saturated heterocycles. The maximum Gasteiger partial charge on any atom is 0.349 e. The van der Waals surface area contributed by atoms with Crippen LogP contribution in [-0.2, 0) is 36.8 Å². The standard InChI is InChI=1S/C13H28O8P2/c1-7-18-22(15,19-8-2)13(5,11-12(14)17-6)23(16,20-9-3)21-10-4/h7-11H2,1-6H3. The third kappa shape index (κ3) is 5.12. The van der Waals surface area contributed by atoms with E-state index < -0.39 is 32.5 Å². The number of esters is 1. The second-order valence-electron chi connectivity index (χ2n) is 4.64. The highest BCUT2D eigenvalue weighted by atomic mass is 31.2. The molecule has 0 amide bonds. The topological polar surface area (TPSA) is 97.4 Å². The molecular formula is C13H28O8P2. The van der Waals surface area contributed by atoms with Crippen LogP contribution in [0.15, 0.2) is 0 Å². The molecule has 0 saturated carbocycles. The van der Waals surface area contributed by atoms with E-state index in [0.717, 1.165) is 0 Å². The minimum absolute atomic E-state index is 0.0479. The van der Waals surface area contributed by atoms with Gasteiger partial charge in [0, 0.05) is 0 Å². The number of rotatable bonds is 12. The molecule has 0 N–H and O–H groups in total. The van der Waals surface area contributed by atoms with Gasteiger partial charge in [-0.15, -0.1) is 0 Å². The Hall–Kier alpha value is -0.230. The van der Waals surface area contributed by atoms with Crippen LogP contribution >= 0.6 is 15.2 Å². The van der Waals surface area contributed by atoms with E-state index in [4.69, 9.17) is 18.1 Å². The summed E-state index contributed by atoms with van der Waals surface area (Å²) in [5, 5.41) is 0. The summed E-state index contributed by atoms with van der Waals surface area (Å²) in [6.07, 6.45) is -0.488. The van der Waals surface area contributed by atoms with Crippen molar-refractivity contribution in [2.75, 3.05) is 33.5 Å². The van der Waals surface area contributed by atoms with Gasteiger partial charge in [0.25, 0.3) is 0 Å². The number of carbonyl (C=O) groups is 1. The van der Waals surface area contributed by atoms with Crippen LogP contribution in [-0.4, -0.2) is 44.4 Å². The maximum atomic E-state index is 13.3. The van der Waals surface area contributed by atoms with Crippen LogP contribution in [0.1, 0.15) is 41.0 Å². The Morgan fingerprint density at radius 1 is 0.826 bits per heavy atom. The van der Waals surface area contributed by atoms with Gasteiger partial charge in [-0.3, -0.25) is 13.9 Å². The lowest BCUT2D eigenvalue weighted by Crippen LogP contribution is -2.33. The number of hydrogen-bond donors (Lipinski definition) is 0. The molecule has 0 spiro atoms. The Morgan fingerprint density at radius 3 is 1.35 bits per heavy atom. The fourth-order valence-electron chi connectivity index (χ4n) is 2.00. The molecular weight excluding hydrogens is 346 g/mol. The summed E-state index contributed by atoms with van der Waals surface area (Å²) in [4.78, 5) is 10.0. The van der Waals surface area contributed by atoms with Gasteiger partial charge in [0.15, 0.2) is 4.90 Å². The molecule has 8 nitrogen and oxygen atoms in total. The SMILES string of the molecule is CCOP(=O)(OCC)C(C)(CC(=O)OC)P(=O)(OCC)OCC. The number of carbonyl (C=O) groups excluding carboxylic acids is 1. The van der Waals surface area contributed by atoms with Gasteiger partial charge < -0.3 is 22.8 Å². The van der Waals surface area contributed by atoms with Crippen molar-refractivity contribution >= 4 is 21.2 Å². The maximum absolute atomic E-state index is 13.3. The van der Waals surface area contributed by atoms with Gasteiger partial charge in [-0.25, -0.2) is 0 Å². The Kier molecular flexibility index (Phi) is 9.82. The van der Waals surface area contributed by atoms with Crippen molar-refractivity contribution < 1.29 is 36.8 Å². The van der Waals surface area contributed by atoms with Crippen LogP contribution in [0.4, 0.5) is 0 Å². The molecule has 0 bridgehead atoms. The smallest absolute Gasteiger partial charge is 0.349 e. The van der Waals surface area contributed by atoms with Gasteiger partial charge in [0.2, 0.25) is 0 Å². The van der Waals surface area contributed by atoms with Crippen molar-refractivity contribution in [3.63, 3.8) is 0 Å². The predicted molar refractivity (Wildman–Crippen MR) is 86.8 cm³/mol. The zero-order valence-electron chi connectivity index (χ0n) is 14.7. The van der Waals surface area contributed by atoms with E-state index >= 15 is 0 Å². The molecule has 138 valence electrons. The summed E-state index contributed by atoms with van der Waals surface area (Å²) in [6, 6.07) is 0. The first-order valence-corrected chi connectivity index (χ1v) is 10.6. The van der Waals surface area contributed by atoms with Crippen LogP contribution < -0.4 is 0 Å². The van der Waals surface area contributed by atoms with Gasteiger partial charge in [-0.05, 0) is 34.6 Å². The Morgan fingerprint density at radius 2 is 1.13 bits per heavy atom. The minimum Gasteiger partial charge on any atom is -0.469 e. The average Bonchev–Trinajstić information content (AvgIpc) is 2.47. The molecule has 0 aliphatic rings. The molecule has 23 heavy (non-hydrogen) atoms. The van der Waals surface area contributed by atoms with Crippen molar-refractivity contribution in [1.29, 1.82) is 0 Å². The summed E-state index contributed by atoms with van der Waals surface area (Å²) in [5.74, 6) is -0.716. The Bertz CT molecular complexity index is 415. The molecule has 0 fully saturated rings. The predicted octanol–water partition coefficient (Wildman–Crippen LogP) is 3.80. The van der Waals surface area contributed by atoms with Gasteiger partial charge >= 0.3 is 21.2 Å². The quantitative estimate of drug-likeness (QED) is 0.376. The highest BCUT2D eigenvalue weighted by Gasteiger charge is 2.63.